The third-order valence-corrected chi connectivity index (χ3v) is 5.73. The van der Waals surface area contributed by atoms with E-state index in [1.165, 1.54) is 23.2 Å². The third-order valence-electron chi connectivity index (χ3n) is 5.73. The maximum absolute atomic E-state index is 14.6. The van der Waals surface area contributed by atoms with Crippen LogP contribution < -0.4 is 9.80 Å². The standard InChI is InChI=1S/C25H33FN2O2/c1-4-15-28-16-7-9-22-20(8-6-10-24(22)28)18-27(3)21-13-11-19(23(26)17-21)12-14-25(29)30-5-2/h6,8,10-11,13,17H,4-5,7,9,12,14-16,18H2,1-3H3. The molecule has 0 spiro atoms. The maximum atomic E-state index is 14.6. The van der Waals surface area contributed by atoms with Gasteiger partial charge in [0.05, 0.1) is 6.61 Å². The Morgan fingerprint density at radius 2 is 2.03 bits per heavy atom. The lowest BCUT2D eigenvalue weighted by molar-refractivity contribution is -0.143. The summed E-state index contributed by atoms with van der Waals surface area (Å²) in [6.07, 6.45) is 3.97. The molecule has 0 saturated heterocycles. The van der Waals surface area contributed by atoms with Crippen LogP contribution in [0.4, 0.5) is 15.8 Å². The van der Waals surface area contributed by atoms with E-state index in [2.05, 4.69) is 34.9 Å². The van der Waals surface area contributed by atoms with Gasteiger partial charge in [0.15, 0.2) is 0 Å². The molecule has 0 atom stereocenters. The van der Waals surface area contributed by atoms with Gasteiger partial charge in [-0.25, -0.2) is 4.39 Å². The molecule has 0 fully saturated rings. The molecule has 0 amide bonds. The molecule has 1 heterocycles. The molecule has 4 nitrogen and oxygen atoms in total. The second-order valence-electron chi connectivity index (χ2n) is 7.94. The van der Waals surface area contributed by atoms with E-state index in [-0.39, 0.29) is 18.2 Å². The van der Waals surface area contributed by atoms with Crippen molar-refractivity contribution in [3.05, 3.63) is 58.9 Å². The lowest BCUT2D eigenvalue weighted by Crippen LogP contribution is -2.31. The van der Waals surface area contributed by atoms with Gasteiger partial charge >= 0.3 is 5.97 Å². The molecule has 0 aromatic heterocycles. The van der Waals surface area contributed by atoms with E-state index in [0.29, 0.717) is 18.6 Å². The summed E-state index contributed by atoms with van der Waals surface area (Å²) in [6.45, 7) is 7.30. The van der Waals surface area contributed by atoms with Crippen molar-refractivity contribution in [1.29, 1.82) is 0 Å². The first-order chi connectivity index (χ1) is 14.5. The second kappa shape index (κ2) is 10.5. The van der Waals surface area contributed by atoms with E-state index in [9.17, 15) is 9.18 Å². The van der Waals surface area contributed by atoms with Crippen LogP contribution >= 0.6 is 0 Å². The number of hydrogen-bond donors (Lipinski definition) is 0. The zero-order chi connectivity index (χ0) is 21.5. The number of anilines is 2. The van der Waals surface area contributed by atoms with Crippen LogP contribution in [0.25, 0.3) is 0 Å². The summed E-state index contributed by atoms with van der Waals surface area (Å²) in [5.74, 6) is -0.558. The van der Waals surface area contributed by atoms with Crippen molar-refractivity contribution in [2.75, 3.05) is 36.5 Å². The zero-order valence-corrected chi connectivity index (χ0v) is 18.4. The van der Waals surface area contributed by atoms with Crippen LogP contribution in [0.5, 0.6) is 0 Å². The highest BCUT2D eigenvalue weighted by atomic mass is 19.1. The molecule has 1 aliphatic rings. The van der Waals surface area contributed by atoms with Crippen LogP contribution in [0.1, 0.15) is 49.8 Å². The van der Waals surface area contributed by atoms with E-state index in [4.69, 9.17) is 4.74 Å². The monoisotopic (exact) mass is 412 g/mol. The average molecular weight is 413 g/mol. The number of halogens is 1. The normalized spacial score (nSPS) is 13.1. The Kier molecular flexibility index (Phi) is 7.72. The summed E-state index contributed by atoms with van der Waals surface area (Å²) < 4.78 is 19.5. The molecule has 2 aromatic rings. The fourth-order valence-corrected chi connectivity index (χ4v) is 4.22. The fourth-order valence-electron chi connectivity index (χ4n) is 4.22. The van der Waals surface area contributed by atoms with Gasteiger partial charge in [0.1, 0.15) is 5.82 Å². The van der Waals surface area contributed by atoms with Crippen LogP contribution in [0.3, 0.4) is 0 Å². The first kappa shape index (κ1) is 22.1. The van der Waals surface area contributed by atoms with Gasteiger partial charge in [-0.2, -0.15) is 0 Å². The molecule has 0 N–H and O–H groups in total. The Morgan fingerprint density at radius 3 is 2.77 bits per heavy atom. The topological polar surface area (TPSA) is 32.8 Å². The predicted molar refractivity (Wildman–Crippen MR) is 121 cm³/mol. The van der Waals surface area contributed by atoms with Crippen LogP contribution in [0, 0.1) is 5.82 Å². The number of esters is 1. The van der Waals surface area contributed by atoms with Gasteiger partial charge in [0.25, 0.3) is 0 Å². The molecule has 3 rings (SSSR count). The summed E-state index contributed by atoms with van der Waals surface area (Å²) in [4.78, 5) is 16.1. The minimum Gasteiger partial charge on any atom is -0.466 e. The number of rotatable bonds is 9. The number of hydrogen-bond acceptors (Lipinski definition) is 4. The number of nitrogens with zero attached hydrogens (tertiary/aromatic N) is 2. The lowest BCUT2D eigenvalue weighted by Gasteiger charge is -2.33. The van der Waals surface area contributed by atoms with E-state index >= 15 is 0 Å². The van der Waals surface area contributed by atoms with E-state index in [1.807, 2.05) is 13.1 Å². The van der Waals surface area contributed by atoms with Crippen molar-refractivity contribution in [3.63, 3.8) is 0 Å². The van der Waals surface area contributed by atoms with Crippen molar-refractivity contribution in [2.24, 2.45) is 0 Å². The zero-order valence-electron chi connectivity index (χ0n) is 18.4. The molecule has 0 saturated carbocycles. The van der Waals surface area contributed by atoms with Crippen molar-refractivity contribution in [3.8, 4) is 0 Å². The predicted octanol–water partition coefficient (Wildman–Crippen LogP) is 5.12. The van der Waals surface area contributed by atoms with Gasteiger partial charge < -0.3 is 14.5 Å². The van der Waals surface area contributed by atoms with Crippen molar-refractivity contribution in [1.82, 2.24) is 0 Å². The van der Waals surface area contributed by atoms with E-state index in [0.717, 1.165) is 38.2 Å². The SMILES string of the molecule is CCCN1CCCc2c(CN(C)c3ccc(CCC(=O)OCC)c(F)c3)cccc21. The van der Waals surface area contributed by atoms with Gasteiger partial charge in [-0.3, -0.25) is 4.79 Å². The minimum atomic E-state index is -0.288. The number of ether oxygens (including phenoxy) is 1. The highest BCUT2D eigenvalue weighted by Crippen LogP contribution is 2.31. The minimum absolute atomic E-state index is 0.199. The Hall–Kier alpha value is -2.56. The summed E-state index contributed by atoms with van der Waals surface area (Å²) in [6, 6.07) is 11.8. The Labute approximate surface area is 179 Å². The highest BCUT2D eigenvalue weighted by Gasteiger charge is 2.19. The molecule has 162 valence electrons. The van der Waals surface area contributed by atoms with E-state index < -0.39 is 0 Å². The Bertz CT molecular complexity index is 868. The van der Waals surface area contributed by atoms with Crippen LogP contribution in [-0.4, -0.2) is 32.7 Å². The molecule has 0 aliphatic carbocycles. The van der Waals surface area contributed by atoms with Crippen molar-refractivity contribution >= 4 is 17.3 Å². The number of benzene rings is 2. The lowest BCUT2D eigenvalue weighted by atomic mass is 9.95. The quantitative estimate of drug-likeness (QED) is 0.535. The van der Waals surface area contributed by atoms with Crippen LogP contribution in [0.2, 0.25) is 0 Å². The molecular weight excluding hydrogens is 379 g/mol. The first-order valence-electron chi connectivity index (χ1n) is 11.0. The van der Waals surface area contributed by atoms with Crippen LogP contribution in [-0.2, 0) is 28.9 Å². The molecule has 1 aliphatic heterocycles. The largest absolute Gasteiger partial charge is 0.466 e. The smallest absolute Gasteiger partial charge is 0.306 e. The number of carbonyl (C=O) groups excluding carboxylic acids is 1. The van der Waals surface area contributed by atoms with Gasteiger partial charge in [0, 0.05) is 44.5 Å². The van der Waals surface area contributed by atoms with Gasteiger partial charge in [-0.1, -0.05) is 25.1 Å². The Balaban J connectivity index is 1.71. The first-order valence-corrected chi connectivity index (χ1v) is 11.0. The van der Waals surface area contributed by atoms with Gasteiger partial charge in [-0.05, 0) is 67.5 Å². The number of carbonyl (C=O) groups is 1. The molecule has 0 radical (unpaired) electrons. The average Bonchev–Trinajstić information content (AvgIpc) is 2.74. The summed E-state index contributed by atoms with van der Waals surface area (Å²) in [5, 5.41) is 0. The highest BCUT2D eigenvalue weighted by molar-refractivity contribution is 5.69. The van der Waals surface area contributed by atoms with Crippen molar-refractivity contribution in [2.45, 2.75) is 52.5 Å². The summed E-state index contributed by atoms with van der Waals surface area (Å²) in [5.41, 5.74) is 5.48. The molecule has 0 unspecified atom stereocenters. The number of aryl methyl sites for hydroxylation is 1. The molecule has 0 bridgehead atoms. The molecule has 30 heavy (non-hydrogen) atoms. The molecule has 2 aromatic carbocycles. The van der Waals surface area contributed by atoms with Gasteiger partial charge in [0.2, 0.25) is 0 Å². The molecular formula is C25H33FN2O2. The molecule has 5 heteroatoms. The van der Waals surface area contributed by atoms with E-state index in [1.54, 1.807) is 19.1 Å². The van der Waals surface area contributed by atoms with Crippen molar-refractivity contribution < 1.29 is 13.9 Å². The Morgan fingerprint density at radius 1 is 1.20 bits per heavy atom. The summed E-state index contributed by atoms with van der Waals surface area (Å²) in [7, 11) is 2.00. The van der Waals surface area contributed by atoms with Crippen LogP contribution in [0.15, 0.2) is 36.4 Å². The summed E-state index contributed by atoms with van der Waals surface area (Å²) >= 11 is 0. The maximum Gasteiger partial charge on any atom is 0.306 e. The van der Waals surface area contributed by atoms with Gasteiger partial charge in [-0.15, -0.1) is 0 Å². The number of fused-ring (bicyclic) bond motifs is 1. The fraction of sp³-hybridized carbons (Fsp3) is 0.480. The second-order valence-corrected chi connectivity index (χ2v) is 7.94. The third kappa shape index (κ3) is 5.32.